The quantitative estimate of drug-likeness (QED) is 0.510. The fourth-order valence-electron chi connectivity index (χ4n) is 3.58. The summed E-state index contributed by atoms with van der Waals surface area (Å²) >= 11 is 0. The molecule has 0 unspecified atom stereocenters. The minimum Gasteiger partial charge on any atom is -0.326 e. The van der Waals surface area contributed by atoms with Crippen molar-refractivity contribution in [1.82, 2.24) is 24.1 Å². The van der Waals surface area contributed by atoms with Crippen LogP contribution >= 0.6 is 0 Å². The smallest absolute Gasteiger partial charge is 0.158 e. The molecule has 4 aromatic rings. The van der Waals surface area contributed by atoms with Gasteiger partial charge in [-0.15, -0.1) is 0 Å². The van der Waals surface area contributed by atoms with Crippen molar-refractivity contribution in [3.8, 4) is 11.4 Å². The average molecular weight is 329 g/mol. The molecule has 1 aliphatic rings. The second-order valence-corrected chi connectivity index (χ2v) is 6.76. The van der Waals surface area contributed by atoms with Gasteiger partial charge in [0.25, 0.3) is 0 Å². The normalized spacial score (nSPS) is 12.6. The molecule has 0 saturated carbocycles. The summed E-state index contributed by atoms with van der Waals surface area (Å²) in [5.41, 5.74) is 6.93. The Labute approximate surface area is 146 Å². The van der Waals surface area contributed by atoms with Crippen molar-refractivity contribution in [2.45, 2.75) is 33.2 Å². The molecule has 4 heterocycles. The number of benzene rings is 1. The lowest BCUT2D eigenvalue weighted by Crippen LogP contribution is -1.97. The Morgan fingerprint density at radius 2 is 1.88 bits per heavy atom. The van der Waals surface area contributed by atoms with Gasteiger partial charge in [0.15, 0.2) is 11.5 Å². The largest absolute Gasteiger partial charge is 0.326 e. The van der Waals surface area contributed by atoms with Crippen molar-refractivity contribution >= 4 is 5.65 Å². The van der Waals surface area contributed by atoms with Gasteiger partial charge < -0.3 is 4.57 Å². The van der Waals surface area contributed by atoms with E-state index in [1.165, 1.54) is 11.1 Å². The second kappa shape index (κ2) is 5.28. The Kier molecular flexibility index (Phi) is 3.04. The number of pyridine rings is 1. The Balaban J connectivity index is 1.40. The molecule has 5 nitrogen and oxygen atoms in total. The summed E-state index contributed by atoms with van der Waals surface area (Å²) in [4.78, 5) is 9.54. The van der Waals surface area contributed by atoms with Crippen LogP contribution in [0.2, 0.25) is 0 Å². The van der Waals surface area contributed by atoms with Crippen molar-refractivity contribution in [2.24, 2.45) is 0 Å². The van der Waals surface area contributed by atoms with E-state index in [4.69, 9.17) is 9.97 Å². The summed E-state index contributed by atoms with van der Waals surface area (Å²) in [6.07, 6.45) is 3.83. The fourth-order valence-corrected chi connectivity index (χ4v) is 3.58. The van der Waals surface area contributed by atoms with Crippen LogP contribution in [0.4, 0.5) is 0 Å². The first-order chi connectivity index (χ1) is 12.2. The van der Waals surface area contributed by atoms with Gasteiger partial charge in [-0.25, -0.2) is 14.5 Å². The minimum absolute atomic E-state index is 0.804. The van der Waals surface area contributed by atoms with E-state index in [0.717, 1.165) is 53.6 Å². The predicted molar refractivity (Wildman–Crippen MR) is 96.6 cm³/mol. The number of aryl methyl sites for hydroxylation is 4. The highest BCUT2D eigenvalue weighted by Crippen LogP contribution is 2.30. The lowest BCUT2D eigenvalue weighted by molar-refractivity contribution is 0.807. The second-order valence-electron chi connectivity index (χ2n) is 6.76. The molecule has 1 aromatic carbocycles. The first kappa shape index (κ1) is 14.4. The molecule has 0 bridgehead atoms. The van der Waals surface area contributed by atoms with E-state index in [0.29, 0.717) is 0 Å². The van der Waals surface area contributed by atoms with Crippen molar-refractivity contribution in [2.75, 3.05) is 0 Å². The van der Waals surface area contributed by atoms with E-state index >= 15 is 0 Å². The van der Waals surface area contributed by atoms with Crippen LogP contribution in [0.5, 0.6) is 0 Å². The van der Waals surface area contributed by atoms with E-state index in [1.807, 2.05) is 4.52 Å². The molecule has 0 atom stereocenters. The Hall–Kier alpha value is -2.95. The first-order valence-electron chi connectivity index (χ1n) is 8.65. The highest BCUT2D eigenvalue weighted by Gasteiger charge is 2.20. The predicted octanol–water partition coefficient (Wildman–Crippen LogP) is 3.36. The third kappa shape index (κ3) is 2.27. The summed E-state index contributed by atoms with van der Waals surface area (Å²) in [6, 6.07) is 12.7. The highest BCUT2D eigenvalue weighted by atomic mass is 15.3. The molecular weight excluding hydrogens is 310 g/mol. The van der Waals surface area contributed by atoms with E-state index in [1.54, 1.807) is 0 Å². The topological polar surface area (TPSA) is 48.0 Å². The first-order valence-corrected chi connectivity index (χ1v) is 8.65. The van der Waals surface area contributed by atoms with Gasteiger partial charge in [-0.05, 0) is 37.5 Å². The Bertz CT molecular complexity index is 1060. The van der Waals surface area contributed by atoms with E-state index in [9.17, 15) is 0 Å². The fraction of sp³-hybridized carbons (Fsp3) is 0.250. The molecule has 124 valence electrons. The molecule has 0 fully saturated rings. The maximum Gasteiger partial charge on any atom is 0.158 e. The van der Waals surface area contributed by atoms with Gasteiger partial charge in [0.1, 0.15) is 5.82 Å². The molecule has 5 heteroatoms. The Morgan fingerprint density at radius 3 is 2.76 bits per heavy atom. The van der Waals surface area contributed by atoms with Crippen LogP contribution in [0, 0.1) is 13.8 Å². The number of imidazole rings is 1. The van der Waals surface area contributed by atoms with E-state index < -0.39 is 0 Å². The van der Waals surface area contributed by atoms with Crippen molar-refractivity contribution in [1.29, 1.82) is 0 Å². The van der Waals surface area contributed by atoms with E-state index in [2.05, 4.69) is 66.1 Å². The standard InChI is InChI=1S/C20H19N5/c1-13-7-8-14(2)25-19(13)22-18(23-25)10-9-16-12-24-11-15-5-3-4-6-17(15)20(24)21-16/h3-8,12H,9-11H2,1-2H3. The van der Waals surface area contributed by atoms with Crippen LogP contribution in [0.3, 0.4) is 0 Å². The van der Waals surface area contributed by atoms with Crippen LogP contribution in [0.25, 0.3) is 17.0 Å². The molecule has 0 N–H and O–H groups in total. The Morgan fingerprint density at radius 1 is 1.00 bits per heavy atom. The van der Waals surface area contributed by atoms with Gasteiger partial charge in [0.05, 0.1) is 5.69 Å². The number of hydrogen-bond donors (Lipinski definition) is 0. The molecule has 0 spiro atoms. The monoisotopic (exact) mass is 329 g/mol. The van der Waals surface area contributed by atoms with Gasteiger partial charge in [-0.3, -0.25) is 0 Å². The molecule has 5 rings (SSSR count). The minimum atomic E-state index is 0.804. The maximum absolute atomic E-state index is 4.84. The summed E-state index contributed by atoms with van der Waals surface area (Å²) in [7, 11) is 0. The number of nitrogens with zero attached hydrogens (tertiary/aromatic N) is 5. The summed E-state index contributed by atoms with van der Waals surface area (Å²) in [5.74, 6) is 1.96. The third-order valence-electron chi connectivity index (χ3n) is 4.94. The zero-order valence-corrected chi connectivity index (χ0v) is 14.4. The number of aromatic nitrogens is 5. The van der Waals surface area contributed by atoms with Crippen molar-refractivity contribution in [3.05, 3.63) is 70.9 Å². The summed E-state index contributed by atoms with van der Waals surface area (Å²) in [6.45, 7) is 5.05. The molecule has 0 radical (unpaired) electrons. The van der Waals surface area contributed by atoms with Crippen LogP contribution in [0.1, 0.15) is 28.3 Å². The van der Waals surface area contributed by atoms with Gasteiger partial charge in [-0.2, -0.15) is 5.10 Å². The van der Waals surface area contributed by atoms with Gasteiger partial charge >= 0.3 is 0 Å². The number of hydrogen-bond acceptors (Lipinski definition) is 3. The van der Waals surface area contributed by atoms with Crippen molar-refractivity contribution < 1.29 is 0 Å². The zero-order valence-electron chi connectivity index (χ0n) is 14.4. The van der Waals surface area contributed by atoms with Gasteiger partial charge in [0, 0.05) is 30.4 Å². The SMILES string of the molecule is Cc1ccc(C)n2nc(CCc3cn4c(n3)-c3ccccc3C4)nc12. The molecule has 0 amide bonds. The number of rotatable bonds is 3. The van der Waals surface area contributed by atoms with Crippen molar-refractivity contribution in [3.63, 3.8) is 0 Å². The lowest BCUT2D eigenvalue weighted by Gasteiger charge is -1.98. The zero-order chi connectivity index (χ0) is 17.0. The van der Waals surface area contributed by atoms with Crippen LogP contribution in [-0.4, -0.2) is 24.1 Å². The molecule has 1 aliphatic heterocycles. The average Bonchev–Trinajstić information content (AvgIpc) is 3.29. The van der Waals surface area contributed by atoms with Crippen LogP contribution in [-0.2, 0) is 19.4 Å². The molecule has 0 saturated heterocycles. The summed E-state index contributed by atoms with van der Waals surface area (Å²) in [5, 5.41) is 4.66. The molecular formula is C20H19N5. The van der Waals surface area contributed by atoms with Gasteiger partial charge in [-0.1, -0.05) is 30.3 Å². The maximum atomic E-state index is 4.84. The molecule has 0 aliphatic carbocycles. The summed E-state index contributed by atoms with van der Waals surface area (Å²) < 4.78 is 4.18. The lowest BCUT2D eigenvalue weighted by atomic mass is 10.1. The number of fused-ring (bicyclic) bond motifs is 4. The van der Waals surface area contributed by atoms with Crippen LogP contribution < -0.4 is 0 Å². The third-order valence-corrected chi connectivity index (χ3v) is 4.94. The molecule has 3 aromatic heterocycles. The molecule has 25 heavy (non-hydrogen) atoms. The van der Waals surface area contributed by atoms with Crippen LogP contribution in [0.15, 0.2) is 42.6 Å². The highest BCUT2D eigenvalue weighted by molar-refractivity contribution is 5.65. The van der Waals surface area contributed by atoms with E-state index in [-0.39, 0.29) is 0 Å². The van der Waals surface area contributed by atoms with Gasteiger partial charge in [0.2, 0.25) is 0 Å².